The Morgan fingerprint density at radius 2 is 1.67 bits per heavy atom. The first-order chi connectivity index (χ1) is 8.45. The number of aryl methyl sites for hydroxylation is 2. The van der Waals surface area contributed by atoms with Gasteiger partial charge in [-0.1, -0.05) is 29.3 Å². The van der Waals surface area contributed by atoms with Gasteiger partial charge >= 0.3 is 0 Å². The van der Waals surface area contributed by atoms with E-state index in [1.54, 1.807) is 0 Å². The molecule has 1 aromatic heterocycles. The third-order valence-electron chi connectivity index (χ3n) is 2.75. The molecule has 0 bridgehead atoms. The monoisotopic (exact) mass is 299 g/mol. The van der Waals surface area contributed by atoms with Gasteiger partial charge in [0.2, 0.25) is 0 Å². The Hall–Kier alpha value is -0.700. The van der Waals surface area contributed by atoms with E-state index in [-0.39, 0.29) is 6.04 Å². The molecule has 0 aliphatic rings. The fraction of sp³-hybridized carbons (Fsp3) is 0.286. The van der Waals surface area contributed by atoms with E-state index in [1.165, 1.54) is 22.5 Å². The minimum absolute atomic E-state index is 0.141. The molecule has 4 heteroatoms. The molecule has 1 heterocycles. The van der Waals surface area contributed by atoms with Gasteiger partial charge in [0, 0.05) is 11.3 Å². The molecule has 1 nitrogen and oxygen atoms in total. The summed E-state index contributed by atoms with van der Waals surface area (Å²) in [6.45, 7) is 6.27. The Morgan fingerprint density at radius 3 is 2.17 bits per heavy atom. The number of halogens is 2. The van der Waals surface area contributed by atoms with Crippen molar-refractivity contribution in [2.24, 2.45) is 0 Å². The van der Waals surface area contributed by atoms with E-state index in [4.69, 9.17) is 23.2 Å². The molecule has 18 heavy (non-hydrogen) atoms. The van der Waals surface area contributed by atoms with Crippen LogP contribution in [0, 0.1) is 13.8 Å². The summed E-state index contributed by atoms with van der Waals surface area (Å²) < 4.78 is 1.48. The van der Waals surface area contributed by atoms with Crippen molar-refractivity contribution < 1.29 is 0 Å². The van der Waals surface area contributed by atoms with E-state index in [2.05, 4.69) is 44.3 Å². The smallest absolute Gasteiger partial charge is 0.0996 e. The molecule has 0 amide bonds. The quantitative estimate of drug-likeness (QED) is 0.750. The molecular formula is C14H15Cl2NS. The maximum atomic E-state index is 6.16. The second kappa shape index (κ2) is 5.52. The van der Waals surface area contributed by atoms with Crippen molar-refractivity contribution in [1.29, 1.82) is 0 Å². The van der Waals surface area contributed by atoms with Crippen LogP contribution in [0.4, 0.5) is 5.69 Å². The number of nitrogens with one attached hydrogen (secondary N) is 1. The SMILES string of the molecule is Cc1cc(C)cc(NC(C)c2cc(Cl)sc2Cl)c1. The standard InChI is InChI=1S/C14H15Cl2NS/c1-8-4-9(2)6-11(5-8)17-10(3)12-7-13(15)18-14(12)16/h4-7,10,17H,1-3H3. The van der Waals surface area contributed by atoms with Crippen molar-refractivity contribution in [2.45, 2.75) is 26.8 Å². The topological polar surface area (TPSA) is 12.0 Å². The predicted molar refractivity (Wildman–Crippen MR) is 82.3 cm³/mol. The third-order valence-corrected chi connectivity index (χ3v) is 4.27. The average molecular weight is 300 g/mol. The number of thiophene rings is 1. The molecule has 96 valence electrons. The lowest BCUT2D eigenvalue weighted by Gasteiger charge is -2.16. The van der Waals surface area contributed by atoms with E-state index in [0.29, 0.717) is 0 Å². The molecule has 0 saturated heterocycles. The van der Waals surface area contributed by atoms with Crippen molar-refractivity contribution in [3.8, 4) is 0 Å². The maximum Gasteiger partial charge on any atom is 0.0996 e. The summed E-state index contributed by atoms with van der Waals surface area (Å²) in [5.74, 6) is 0. The Balaban J connectivity index is 2.20. The molecule has 0 fully saturated rings. The van der Waals surface area contributed by atoms with Crippen LogP contribution in [0.2, 0.25) is 8.67 Å². The van der Waals surface area contributed by atoms with Crippen molar-refractivity contribution in [3.63, 3.8) is 0 Å². The second-order valence-corrected chi connectivity index (χ2v) is 6.81. The molecule has 1 aromatic carbocycles. The summed E-state index contributed by atoms with van der Waals surface area (Å²) in [5, 5.41) is 3.46. The zero-order valence-electron chi connectivity index (χ0n) is 10.6. The van der Waals surface area contributed by atoms with Crippen LogP contribution in [0.25, 0.3) is 0 Å². The third kappa shape index (κ3) is 3.19. The lowest BCUT2D eigenvalue weighted by atomic mass is 10.1. The number of benzene rings is 1. The molecule has 0 aliphatic heterocycles. The first-order valence-electron chi connectivity index (χ1n) is 5.75. The van der Waals surface area contributed by atoms with E-state index in [1.807, 2.05) is 6.07 Å². The predicted octanol–water partition coefficient (Wildman–Crippen LogP) is 5.84. The van der Waals surface area contributed by atoms with E-state index in [9.17, 15) is 0 Å². The molecule has 1 atom stereocenters. The summed E-state index contributed by atoms with van der Waals surface area (Å²) in [7, 11) is 0. The minimum Gasteiger partial charge on any atom is -0.378 e. The van der Waals surface area contributed by atoms with Crippen LogP contribution in [0.15, 0.2) is 24.3 Å². The summed E-state index contributed by atoms with van der Waals surface area (Å²) in [5.41, 5.74) is 4.66. The fourth-order valence-electron chi connectivity index (χ4n) is 2.03. The first-order valence-corrected chi connectivity index (χ1v) is 7.32. The second-order valence-electron chi connectivity index (χ2n) is 4.52. The van der Waals surface area contributed by atoms with Crippen LogP contribution in [-0.2, 0) is 0 Å². The average Bonchev–Trinajstić information content (AvgIpc) is 2.56. The lowest BCUT2D eigenvalue weighted by molar-refractivity contribution is 0.890. The number of hydrogen-bond acceptors (Lipinski definition) is 2. The Labute approximate surface area is 122 Å². The number of rotatable bonds is 3. The number of anilines is 1. The van der Waals surface area contributed by atoms with Crippen LogP contribution in [0.1, 0.15) is 29.7 Å². The van der Waals surface area contributed by atoms with Crippen LogP contribution in [0.5, 0.6) is 0 Å². The summed E-state index contributed by atoms with van der Waals surface area (Å²) in [6, 6.07) is 8.48. The zero-order chi connectivity index (χ0) is 13.3. The fourth-order valence-corrected chi connectivity index (χ4v) is 3.68. The lowest BCUT2D eigenvalue weighted by Crippen LogP contribution is -2.06. The van der Waals surface area contributed by atoms with Crippen molar-refractivity contribution >= 4 is 40.2 Å². The summed E-state index contributed by atoms with van der Waals surface area (Å²) in [4.78, 5) is 0. The minimum atomic E-state index is 0.141. The van der Waals surface area contributed by atoms with E-state index in [0.717, 1.165) is 19.9 Å². The van der Waals surface area contributed by atoms with Crippen molar-refractivity contribution in [1.82, 2.24) is 0 Å². The normalized spacial score (nSPS) is 12.5. The molecular weight excluding hydrogens is 285 g/mol. The van der Waals surface area contributed by atoms with Gasteiger partial charge in [-0.05, 0) is 50.1 Å². The van der Waals surface area contributed by atoms with E-state index >= 15 is 0 Å². The van der Waals surface area contributed by atoms with E-state index < -0.39 is 0 Å². The molecule has 1 unspecified atom stereocenters. The van der Waals surface area contributed by atoms with Gasteiger partial charge in [0.05, 0.1) is 14.7 Å². The van der Waals surface area contributed by atoms with Gasteiger partial charge in [-0.15, -0.1) is 11.3 Å². The van der Waals surface area contributed by atoms with Crippen LogP contribution in [0.3, 0.4) is 0 Å². The largest absolute Gasteiger partial charge is 0.378 e. The Morgan fingerprint density at radius 1 is 1.06 bits per heavy atom. The Kier molecular flexibility index (Phi) is 4.21. The zero-order valence-corrected chi connectivity index (χ0v) is 12.9. The number of hydrogen-bond donors (Lipinski definition) is 1. The highest BCUT2D eigenvalue weighted by Crippen LogP contribution is 2.36. The van der Waals surface area contributed by atoms with Crippen LogP contribution < -0.4 is 5.32 Å². The van der Waals surface area contributed by atoms with Gasteiger partial charge in [-0.3, -0.25) is 0 Å². The van der Waals surface area contributed by atoms with Crippen molar-refractivity contribution in [2.75, 3.05) is 5.32 Å². The summed E-state index contributed by atoms with van der Waals surface area (Å²) in [6.07, 6.45) is 0. The van der Waals surface area contributed by atoms with Gasteiger partial charge in [0.1, 0.15) is 0 Å². The maximum absolute atomic E-state index is 6.16. The van der Waals surface area contributed by atoms with Gasteiger partial charge in [-0.25, -0.2) is 0 Å². The molecule has 2 aromatic rings. The first kappa shape index (κ1) is 13.7. The van der Waals surface area contributed by atoms with Crippen LogP contribution in [-0.4, -0.2) is 0 Å². The molecule has 0 radical (unpaired) electrons. The highest BCUT2D eigenvalue weighted by Gasteiger charge is 2.13. The van der Waals surface area contributed by atoms with Crippen molar-refractivity contribution in [3.05, 3.63) is 49.6 Å². The highest BCUT2D eigenvalue weighted by atomic mass is 35.5. The van der Waals surface area contributed by atoms with Crippen LogP contribution >= 0.6 is 34.5 Å². The van der Waals surface area contributed by atoms with Gasteiger partial charge in [0.25, 0.3) is 0 Å². The van der Waals surface area contributed by atoms with Gasteiger partial charge in [0.15, 0.2) is 0 Å². The summed E-state index contributed by atoms with van der Waals surface area (Å²) >= 11 is 13.5. The molecule has 0 saturated carbocycles. The molecule has 2 rings (SSSR count). The molecule has 0 aliphatic carbocycles. The Bertz CT molecular complexity index is 543. The molecule has 1 N–H and O–H groups in total. The highest BCUT2D eigenvalue weighted by molar-refractivity contribution is 7.20. The molecule has 0 spiro atoms. The van der Waals surface area contributed by atoms with Gasteiger partial charge < -0.3 is 5.32 Å². The van der Waals surface area contributed by atoms with Gasteiger partial charge in [-0.2, -0.15) is 0 Å².